The van der Waals surface area contributed by atoms with Crippen LogP contribution in [-0.2, 0) is 15.8 Å². The molecule has 6 nitrogen and oxygen atoms in total. The van der Waals surface area contributed by atoms with E-state index in [1.807, 2.05) is 11.9 Å². The molecule has 1 N–H and O–H groups in total. The molecule has 1 aliphatic carbocycles. The van der Waals surface area contributed by atoms with Gasteiger partial charge in [-0.2, -0.15) is 13.2 Å². The molecule has 0 radical (unpaired) electrons. The summed E-state index contributed by atoms with van der Waals surface area (Å²) in [6.45, 7) is 8.78. The van der Waals surface area contributed by atoms with Gasteiger partial charge in [0.1, 0.15) is 18.1 Å². The van der Waals surface area contributed by atoms with Crippen LogP contribution in [0.4, 0.5) is 13.2 Å². The second kappa shape index (κ2) is 10.7. The number of benzene rings is 1. The van der Waals surface area contributed by atoms with Gasteiger partial charge >= 0.3 is 6.18 Å². The van der Waals surface area contributed by atoms with Crippen molar-refractivity contribution in [2.24, 2.45) is 11.8 Å². The summed E-state index contributed by atoms with van der Waals surface area (Å²) >= 11 is 0. The van der Waals surface area contributed by atoms with Crippen LogP contribution in [0.3, 0.4) is 0 Å². The number of amides is 2. The van der Waals surface area contributed by atoms with Gasteiger partial charge in [0.25, 0.3) is 11.8 Å². The highest BCUT2D eigenvalue weighted by atomic mass is 19.4. The lowest BCUT2D eigenvalue weighted by Gasteiger charge is -2.44. The monoisotopic (exact) mass is 491 g/mol. The molecule has 0 bridgehead atoms. The molecule has 0 saturated heterocycles. The number of nitrogens with one attached hydrogen (secondary N) is 1. The van der Waals surface area contributed by atoms with Crippen molar-refractivity contribution in [3.8, 4) is 0 Å². The van der Waals surface area contributed by atoms with Crippen molar-refractivity contribution in [1.82, 2.24) is 15.1 Å². The van der Waals surface area contributed by atoms with Gasteiger partial charge in [-0.15, -0.1) is 0 Å². The predicted octanol–water partition coefficient (Wildman–Crippen LogP) is 4.39. The van der Waals surface area contributed by atoms with E-state index >= 15 is 0 Å². The molecule has 0 aromatic heterocycles. The number of unbranched alkanes of at least 4 members (excludes halogenated alkanes) is 1. The highest BCUT2D eigenvalue weighted by molar-refractivity contribution is 5.99. The Kier molecular flexibility index (Phi) is 8.07. The third kappa shape index (κ3) is 5.60. The minimum absolute atomic E-state index is 0.0611. The second-order valence-electron chi connectivity index (χ2n) is 9.13. The highest BCUT2D eigenvalue weighted by Gasteiger charge is 2.50. The molecule has 9 heteroatoms. The summed E-state index contributed by atoms with van der Waals surface area (Å²) in [7, 11) is 1.87. The average Bonchev–Trinajstić information content (AvgIpc) is 3.67. The molecule has 2 aliphatic rings. The van der Waals surface area contributed by atoms with Crippen molar-refractivity contribution in [3.05, 3.63) is 58.9 Å². The van der Waals surface area contributed by atoms with Gasteiger partial charge in [0.05, 0.1) is 5.56 Å². The van der Waals surface area contributed by atoms with E-state index in [9.17, 15) is 27.6 Å². The van der Waals surface area contributed by atoms with E-state index in [0.29, 0.717) is 30.8 Å². The number of hydrogen-bond donors (Lipinski definition) is 1. The molecule has 2 amide bonds. The third-order valence-electron chi connectivity index (χ3n) is 6.60. The summed E-state index contributed by atoms with van der Waals surface area (Å²) in [5.74, 6) is -0.923. The van der Waals surface area contributed by atoms with Gasteiger partial charge < -0.3 is 10.2 Å². The molecule has 1 heterocycles. The van der Waals surface area contributed by atoms with Crippen molar-refractivity contribution in [2.45, 2.75) is 51.7 Å². The zero-order chi connectivity index (χ0) is 25.9. The van der Waals surface area contributed by atoms with E-state index in [1.165, 1.54) is 11.0 Å². The Bertz CT molecular complexity index is 1030. The maximum atomic E-state index is 13.7. The van der Waals surface area contributed by atoms with Crippen molar-refractivity contribution in [3.63, 3.8) is 0 Å². The number of carbonyl (C=O) groups is 3. The van der Waals surface area contributed by atoms with Crippen LogP contribution in [0.15, 0.2) is 47.8 Å². The summed E-state index contributed by atoms with van der Waals surface area (Å²) in [6.07, 6.45) is -0.460. The molecule has 1 fully saturated rings. The normalized spacial score (nSPS) is 20.6. The molecule has 1 aromatic carbocycles. The number of likely N-dealkylation sites (N-methyl/N-ethyl adjacent to an activating group) is 1. The summed E-state index contributed by atoms with van der Waals surface area (Å²) < 4.78 is 39.5. The lowest BCUT2D eigenvalue weighted by molar-refractivity contribution is -0.137. The summed E-state index contributed by atoms with van der Waals surface area (Å²) in [5.41, 5.74) is -0.263. The number of halogens is 3. The Morgan fingerprint density at radius 2 is 1.97 bits per heavy atom. The van der Waals surface area contributed by atoms with E-state index in [0.717, 1.165) is 43.9 Å². The van der Waals surface area contributed by atoms with E-state index in [2.05, 4.69) is 18.8 Å². The number of aldehydes is 1. The number of rotatable bonds is 10. The van der Waals surface area contributed by atoms with E-state index in [-0.39, 0.29) is 23.0 Å². The molecular weight excluding hydrogens is 459 g/mol. The van der Waals surface area contributed by atoms with Crippen molar-refractivity contribution >= 4 is 18.1 Å². The lowest BCUT2D eigenvalue weighted by Crippen LogP contribution is -2.58. The lowest BCUT2D eigenvalue weighted by atomic mass is 9.79. The van der Waals surface area contributed by atoms with E-state index in [1.54, 1.807) is 6.92 Å². The number of alkyl halides is 3. The zero-order valence-corrected chi connectivity index (χ0v) is 20.3. The molecule has 0 spiro atoms. The third-order valence-corrected chi connectivity index (χ3v) is 6.60. The van der Waals surface area contributed by atoms with Crippen LogP contribution in [0, 0.1) is 11.8 Å². The van der Waals surface area contributed by atoms with Crippen LogP contribution in [-0.4, -0.2) is 54.1 Å². The van der Waals surface area contributed by atoms with Crippen molar-refractivity contribution < 1.29 is 27.6 Å². The van der Waals surface area contributed by atoms with Gasteiger partial charge in [0.15, 0.2) is 0 Å². The Balaban J connectivity index is 2.05. The summed E-state index contributed by atoms with van der Waals surface area (Å²) in [6, 6.07) is 3.10. The van der Waals surface area contributed by atoms with Gasteiger partial charge in [0.2, 0.25) is 0 Å². The van der Waals surface area contributed by atoms with Gasteiger partial charge in [-0.05, 0) is 50.3 Å². The average molecular weight is 492 g/mol. The second-order valence-corrected chi connectivity index (χ2v) is 9.13. The van der Waals surface area contributed by atoms with E-state index in [4.69, 9.17) is 0 Å². The number of hydrogen-bond acceptors (Lipinski definition) is 4. The molecule has 3 rings (SSSR count). The molecule has 2 unspecified atom stereocenters. The largest absolute Gasteiger partial charge is 0.416 e. The maximum absolute atomic E-state index is 13.7. The van der Waals surface area contributed by atoms with Crippen molar-refractivity contribution in [1.29, 1.82) is 0 Å². The zero-order valence-electron chi connectivity index (χ0n) is 20.3. The SMILES string of the molecule is C=C(C=O)C1=C(N(C)CCCC)N(CC)C(=O)C(NC(=O)c2cccc(C(F)(F)F)c2)C1C1CC1. The van der Waals surface area contributed by atoms with Crippen molar-refractivity contribution in [2.75, 3.05) is 20.1 Å². The van der Waals surface area contributed by atoms with E-state index < -0.39 is 29.6 Å². The Morgan fingerprint density at radius 1 is 1.29 bits per heavy atom. The Morgan fingerprint density at radius 3 is 2.51 bits per heavy atom. The Labute approximate surface area is 203 Å². The Hall–Kier alpha value is -3.10. The molecule has 2 atom stereocenters. The van der Waals surface area contributed by atoms with Crippen LogP contribution >= 0.6 is 0 Å². The predicted molar refractivity (Wildman–Crippen MR) is 126 cm³/mol. The molecule has 1 aliphatic heterocycles. The number of allylic oxidation sites excluding steroid dienone is 1. The van der Waals surface area contributed by atoms with Crippen LogP contribution in [0.25, 0.3) is 0 Å². The fourth-order valence-corrected chi connectivity index (χ4v) is 4.70. The molecular formula is C26H32F3N3O3. The first kappa shape index (κ1) is 26.5. The first-order valence-electron chi connectivity index (χ1n) is 11.9. The molecule has 190 valence electrons. The van der Waals surface area contributed by atoms with Gasteiger partial charge in [-0.1, -0.05) is 26.0 Å². The van der Waals surface area contributed by atoms with Crippen LogP contribution in [0.1, 0.15) is 55.5 Å². The minimum atomic E-state index is -4.60. The van der Waals surface area contributed by atoms with Gasteiger partial charge in [-0.3, -0.25) is 19.3 Å². The smallest absolute Gasteiger partial charge is 0.361 e. The first-order chi connectivity index (χ1) is 16.5. The fraction of sp³-hybridized carbons (Fsp3) is 0.500. The van der Waals surface area contributed by atoms with Crippen LogP contribution < -0.4 is 5.32 Å². The fourth-order valence-electron chi connectivity index (χ4n) is 4.70. The summed E-state index contributed by atoms with van der Waals surface area (Å²) in [5, 5.41) is 2.70. The topological polar surface area (TPSA) is 69.7 Å². The molecule has 1 saturated carbocycles. The maximum Gasteiger partial charge on any atom is 0.416 e. The summed E-state index contributed by atoms with van der Waals surface area (Å²) in [4.78, 5) is 42.1. The van der Waals surface area contributed by atoms with Gasteiger partial charge in [-0.25, -0.2) is 0 Å². The minimum Gasteiger partial charge on any atom is -0.361 e. The number of nitrogens with zero attached hydrogens (tertiary/aromatic N) is 2. The standard InChI is InChI=1S/C26H32F3N3O3/c1-5-7-13-31(4)24-20(16(3)15-33)21(17-11-12-17)22(25(35)32(24)6-2)30-23(34)18-9-8-10-19(14-18)26(27,28)29/h8-10,14-15,17,21-22H,3,5-7,11-13H2,1-2,4H3,(H,30,34). The number of carbonyl (C=O) groups excluding carboxylic acids is 3. The van der Waals surface area contributed by atoms with Crippen LogP contribution in [0.2, 0.25) is 0 Å². The molecule has 1 aromatic rings. The molecule has 35 heavy (non-hydrogen) atoms. The quantitative estimate of drug-likeness (QED) is 0.389. The van der Waals surface area contributed by atoms with Crippen LogP contribution in [0.5, 0.6) is 0 Å². The highest BCUT2D eigenvalue weighted by Crippen LogP contribution is 2.48. The first-order valence-corrected chi connectivity index (χ1v) is 11.9. The van der Waals surface area contributed by atoms with Gasteiger partial charge in [0, 0.05) is 42.8 Å².